The van der Waals surface area contributed by atoms with Gasteiger partial charge in [-0.05, 0) is 0 Å². The maximum absolute atomic E-state index is 11.7. The molecule has 1 aliphatic heterocycles. The molecular formula is C11H11N3O3S. The Morgan fingerprint density at radius 3 is 3.11 bits per heavy atom. The Labute approximate surface area is 106 Å². The van der Waals surface area contributed by atoms with Crippen molar-refractivity contribution in [1.29, 1.82) is 0 Å². The summed E-state index contributed by atoms with van der Waals surface area (Å²) in [7, 11) is 0. The van der Waals surface area contributed by atoms with Gasteiger partial charge in [0, 0.05) is 30.7 Å². The smallest absolute Gasteiger partial charge is 0.308 e. The minimum Gasteiger partial charge on any atom is -0.481 e. The van der Waals surface area contributed by atoms with E-state index in [2.05, 4.69) is 4.98 Å². The second-order valence-corrected chi connectivity index (χ2v) is 5.21. The second kappa shape index (κ2) is 4.09. The van der Waals surface area contributed by atoms with E-state index in [0.29, 0.717) is 6.54 Å². The van der Waals surface area contributed by atoms with Crippen molar-refractivity contribution < 1.29 is 14.7 Å². The molecule has 0 saturated carbocycles. The lowest BCUT2D eigenvalue weighted by Gasteiger charge is -2.13. The SMILES string of the molecule is O=C(O)C1CC(=O)N(Cc2cn3ccsc3n2)C1. The number of hydrogen-bond donors (Lipinski definition) is 1. The van der Waals surface area contributed by atoms with E-state index >= 15 is 0 Å². The van der Waals surface area contributed by atoms with Gasteiger partial charge in [-0.3, -0.25) is 14.0 Å². The summed E-state index contributed by atoms with van der Waals surface area (Å²) < 4.78 is 1.90. The number of nitrogens with zero attached hydrogens (tertiary/aromatic N) is 3. The average Bonchev–Trinajstić information content (AvgIpc) is 2.94. The van der Waals surface area contributed by atoms with Crippen LogP contribution in [0.25, 0.3) is 4.96 Å². The minimum absolute atomic E-state index is 0.0948. The van der Waals surface area contributed by atoms with Crippen molar-refractivity contribution in [3.8, 4) is 0 Å². The van der Waals surface area contributed by atoms with Gasteiger partial charge in [0.25, 0.3) is 0 Å². The highest BCUT2D eigenvalue weighted by Crippen LogP contribution is 2.21. The molecule has 6 nitrogen and oxygen atoms in total. The summed E-state index contributed by atoms with van der Waals surface area (Å²) in [5, 5.41) is 10.8. The number of carbonyl (C=O) groups excluding carboxylic acids is 1. The molecular weight excluding hydrogens is 254 g/mol. The molecule has 0 aliphatic carbocycles. The van der Waals surface area contributed by atoms with Gasteiger partial charge >= 0.3 is 5.97 Å². The summed E-state index contributed by atoms with van der Waals surface area (Å²) in [4.78, 5) is 29.3. The van der Waals surface area contributed by atoms with E-state index in [-0.39, 0.29) is 18.9 Å². The number of aliphatic carboxylic acids is 1. The predicted octanol–water partition coefficient (Wildman–Crippen LogP) is 0.829. The molecule has 2 aromatic heterocycles. The lowest BCUT2D eigenvalue weighted by atomic mass is 10.1. The number of aromatic nitrogens is 2. The van der Waals surface area contributed by atoms with Gasteiger partial charge < -0.3 is 10.0 Å². The van der Waals surface area contributed by atoms with Gasteiger partial charge in [-0.1, -0.05) is 0 Å². The number of rotatable bonds is 3. The third-order valence-electron chi connectivity index (χ3n) is 3.06. The topological polar surface area (TPSA) is 74.9 Å². The summed E-state index contributed by atoms with van der Waals surface area (Å²) in [5.41, 5.74) is 0.793. The first-order valence-corrected chi connectivity index (χ1v) is 6.43. The van der Waals surface area contributed by atoms with Crippen molar-refractivity contribution >= 4 is 28.2 Å². The quantitative estimate of drug-likeness (QED) is 0.892. The molecule has 7 heteroatoms. The van der Waals surface area contributed by atoms with Crippen molar-refractivity contribution in [3.63, 3.8) is 0 Å². The highest BCUT2D eigenvalue weighted by atomic mass is 32.1. The van der Waals surface area contributed by atoms with Crippen LogP contribution in [-0.4, -0.2) is 37.8 Å². The highest BCUT2D eigenvalue weighted by Gasteiger charge is 2.34. The molecule has 3 rings (SSSR count). The van der Waals surface area contributed by atoms with E-state index in [4.69, 9.17) is 5.11 Å². The maximum Gasteiger partial charge on any atom is 0.308 e. The minimum atomic E-state index is -0.906. The number of carboxylic acids is 1. The van der Waals surface area contributed by atoms with Gasteiger partial charge in [-0.15, -0.1) is 11.3 Å². The van der Waals surface area contributed by atoms with E-state index in [1.54, 1.807) is 4.90 Å². The molecule has 94 valence electrons. The first-order valence-electron chi connectivity index (χ1n) is 5.55. The van der Waals surface area contributed by atoms with E-state index < -0.39 is 11.9 Å². The summed E-state index contributed by atoms with van der Waals surface area (Å²) in [5.74, 6) is -1.60. The average molecular weight is 265 g/mol. The van der Waals surface area contributed by atoms with Crippen molar-refractivity contribution in [3.05, 3.63) is 23.5 Å². The zero-order chi connectivity index (χ0) is 12.7. The standard InChI is InChI=1S/C11H11N3O3S/c15-9-3-7(10(16)17)4-14(9)6-8-5-13-1-2-18-11(13)12-8/h1-2,5,7H,3-4,6H2,(H,16,17). The lowest BCUT2D eigenvalue weighted by Crippen LogP contribution is -2.25. The van der Waals surface area contributed by atoms with Gasteiger partial charge in [0.1, 0.15) is 0 Å². The summed E-state index contributed by atoms with van der Waals surface area (Å²) in [6.45, 7) is 0.663. The molecule has 1 unspecified atom stereocenters. The Kier molecular flexibility index (Phi) is 2.55. The summed E-state index contributed by atoms with van der Waals surface area (Å²) in [6, 6.07) is 0. The normalized spacial score (nSPS) is 19.9. The van der Waals surface area contributed by atoms with Crippen molar-refractivity contribution in [1.82, 2.24) is 14.3 Å². The van der Waals surface area contributed by atoms with Crippen LogP contribution in [0, 0.1) is 5.92 Å². The molecule has 2 aromatic rings. The van der Waals surface area contributed by atoms with Crippen LogP contribution in [-0.2, 0) is 16.1 Å². The maximum atomic E-state index is 11.7. The van der Waals surface area contributed by atoms with E-state index in [9.17, 15) is 9.59 Å². The van der Waals surface area contributed by atoms with Crippen molar-refractivity contribution in [2.45, 2.75) is 13.0 Å². The molecule has 18 heavy (non-hydrogen) atoms. The van der Waals surface area contributed by atoms with Crippen LogP contribution < -0.4 is 0 Å². The zero-order valence-corrected chi connectivity index (χ0v) is 10.3. The highest BCUT2D eigenvalue weighted by molar-refractivity contribution is 7.15. The molecule has 0 aromatic carbocycles. The van der Waals surface area contributed by atoms with Gasteiger partial charge in [0.05, 0.1) is 18.2 Å². The largest absolute Gasteiger partial charge is 0.481 e. The number of thiazole rings is 1. The van der Waals surface area contributed by atoms with Gasteiger partial charge in [-0.2, -0.15) is 0 Å². The van der Waals surface area contributed by atoms with Crippen LogP contribution in [0.2, 0.25) is 0 Å². The first kappa shape index (κ1) is 11.2. The van der Waals surface area contributed by atoms with Crippen LogP contribution >= 0.6 is 11.3 Å². The van der Waals surface area contributed by atoms with Crippen LogP contribution in [0.1, 0.15) is 12.1 Å². The predicted molar refractivity (Wildman–Crippen MR) is 64.2 cm³/mol. The second-order valence-electron chi connectivity index (χ2n) is 4.34. The molecule has 1 atom stereocenters. The van der Waals surface area contributed by atoms with Gasteiger partial charge in [0.15, 0.2) is 4.96 Å². The number of amides is 1. The third-order valence-corrected chi connectivity index (χ3v) is 3.83. The van der Waals surface area contributed by atoms with E-state index in [0.717, 1.165) is 10.7 Å². The molecule has 1 amide bonds. The van der Waals surface area contributed by atoms with Gasteiger partial charge in [-0.25, -0.2) is 4.98 Å². The summed E-state index contributed by atoms with van der Waals surface area (Å²) in [6.07, 6.45) is 3.87. The lowest BCUT2D eigenvalue weighted by molar-refractivity contribution is -0.141. The zero-order valence-electron chi connectivity index (χ0n) is 9.44. The van der Waals surface area contributed by atoms with Crippen LogP contribution in [0.3, 0.4) is 0 Å². The Balaban J connectivity index is 1.75. The summed E-state index contributed by atoms with van der Waals surface area (Å²) >= 11 is 1.53. The fourth-order valence-corrected chi connectivity index (χ4v) is 2.86. The molecule has 1 aliphatic rings. The molecule has 0 spiro atoms. The van der Waals surface area contributed by atoms with Crippen LogP contribution in [0.4, 0.5) is 0 Å². The van der Waals surface area contributed by atoms with Crippen molar-refractivity contribution in [2.75, 3.05) is 6.54 Å². The number of likely N-dealkylation sites (tertiary alicyclic amines) is 1. The number of carbonyl (C=O) groups is 2. The van der Waals surface area contributed by atoms with E-state index in [1.165, 1.54) is 11.3 Å². The number of carboxylic acid groups (broad SMARTS) is 1. The third kappa shape index (κ3) is 1.86. The Bertz CT molecular complexity index is 589. The van der Waals surface area contributed by atoms with E-state index in [1.807, 2.05) is 22.2 Å². The molecule has 3 heterocycles. The molecule has 1 N–H and O–H groups in total. The Morgan fingerprint density at radius 2 is 2.44 bits per heavy atom. The first-order chi connectivity index (χ1) is 8.63. The molecule has 1 saturated heterocycles. The Morgan fingerprint density at radius 1 is 1.61 bits per heavy atom. The van der Waals surface area contributed by atoms with Gasteiger partial charge in [0.2, 0.25) is 5.91 Å². The molecule has 1 fully saturated rings. The number of imidazole rings is 1. The fraction of sp³-hybridized carbons (Fsp3) is 0.364. The monoisotopic (exact) mass is 265 g/mol. The number of fused-ring (bicyclic) bond motifs is 1. The van der Waals surface area contributed by atoms with Crippen LogP contribution in [0.5, 0.6) is 0 Å². The fourth-order valence-electron chi connectivity index (χ4n) is 2.14. The molecule has 0 bridgehead atoms. The van der Waals surface area contributed by atoms with Crippen molar-refractivity contribution in [2.24, 2.45) is 5.92 Å². The van der Waals surface area contributed by atoms with Crippen LogP contribution in [0.15, 0.2) is 17.8 Å². The Hall–Kier alpha value is -1.89. The molecule has 0 radical (unpaired) electrons. The number of hydrogen-bond acceptors (Lipinski definition) is 4.